The van der Waals surface area contributed by atoms with Gasteiger partial charge in [0.1, 0.15) is 0 Å². The predicted molar refractivity (Wildman–Crippen MR) is 170 cm³/mol. The molecule has 0 saturated carbocycles. The Labute approximate surface area is 258 Å². The summed E-state index contributed by atoms with van der Waals surface area (Å²) in [6, 6.07) is 7.00. The van der Waals surface area contributed by atoms with Crippen molar-refractivity contribution in [2.75, 3.05) is 56.2 Å². The molecule has 0 atom stereocenters. The molecule has 1 aromatic carbocycles. The number of nitrogens with zero attached hydrogens (tertiary/aromatic N) is 7. The molecule has 11 heteroatoms. The van der Waals surface area contributed by atoms with E-state index in [2.05, 4.69) is 53.0 Å². The lowest BCUT2D eigenvalue weighted by molar-refractivity contribution is 0.122. The van der Waals surface area contributed by atoms with Gasteiger partial charge in [0.25, 0.3) is 6.43 Å². The zero-order valence-electron chi connectivity index (χ0n) is 26.1. The fraction of sp³-hybridized carbons (Fsp3) is 0.515. The highest BCUT2D eigenvalue weighted by Gasteiger charge is 2.29. The minimum atomic E-state index is -2.82. The lowest BCUT2D eigenvalue weighted by Gasteiger charge is -2.33. The number of benzene rings is 1. The normalized spacial score (nSPS) is 17.8. The Bertz CT molecular complexity index is 1540. The van der Waals surface area contributed by atoms with Crippen molar-refractivity contribution >= 4 is 22.9 Å². The van der Waals surface area contributed by atoms with Crippen LogP contribution in [0.15, 0.2) is 47.6 Å². The van der Waals surface area contributed by atoms with Gasteiger partial charge in [-0.2, -0.15) is 15.0 Å². The number of halogens is 2. The summed E-state index contributed by atoms with van der Waals surface area (Å²) in [4.78, 5) is 22.8. The maximum atomic E-state index is 14.3. The topological polar surface area (TPSA) is 84.2 Å². The number of fused-ring (bicyclic) bond motifs is 1. The number of terminal acetylenes is 1. The Morgan fingerprint density at radius 3 is 2.45 bits per heavy atom. The number of anilines is 2. The number of rotatable bonds is 10. The highest BCUT2D eigenvalue weighted by atomic mass is 19.3. The van der Waals surface area contributed by atoms with Gasteiger partial charge in [0, 0.05) is 24.2 Å². The number of hydrogen-bond acceptors (Lipinski definition) is 8. The first kappa shape index (κ1) is 31.5. The highest BCUT2D eigenvalue weighted by Crippen LogP contribution is 2.32. The van der Waals surface area contributed by atoms with Crippen LogP contribution >= 0.6 is 0 Å². The van der Waals surface area contributed by atoms with Crippen molar-refractivity contribution in [1.29, 1.82) is 0 Å². The first-order valence-electron chi connectivity index (χ1n) is 15.4. The second kappa shape index (κ2) is 13.8. The molecule has 2 aliphatic rings. The number of alkyl halides is 2. The van der Waals surface area contributed by atoms with E-state index in [1.54, 1.807) is 24.3 Å². The van der Waals surface area contributed by atoms with E-state index in [-0.39, 0.29) is 11.9 Å². The molecule has 3 aromatic rings. The maximum Gasteiger partial charge on any atom is 0.296 e. The van der Waals surface area contributed by atoms with Gasteiger partial charge in [0.15, 0.2) is 5.82 Å². The summed E-state index contributed by atoms with van der Waals surface area (Å²) < 4.78 is 35.4. The van der Waals surface area contributed by atoms with E-state index in [0.29, 0.717) is 55.6 Å². The monoisotopic (exact) mass is 604 g/mol. The average Bonchev–Trinajstić information content (AvgIpc) is 3.42. The number of piperidine rings is 1. The summed E-state index contributed by atoms with van der Waals surface area (Å²) in [5.74, 6) is 3.72. The second-order valence-corrected chi connectivity index (χ2v) is 11.9. The zero-order valence-corrected chi connectivity index (χ0v) is 26.1. The van der Waals surface area contributed by atoms with Crippen LogP contribution in [0.4, 0.5) is 20.7 Å². The Morgan fingerprint density at radius 1 is 1.09 bits per heavy atom. The standard InChI is InChI=1S/C33H42F2N8O/c1-6-11-24(25(7-2)23-14-16-41(8-3)17-15-23)22-33(4,5)40-30-37-31(42-18-20-44-21-19-42)39-32(38-30)43-27-13-10-9-12-26(27)36-29(43)28(34)35/h2,6,9-13,23,28H,8,14-22H2,1,3-5H3,(H,37,38,39,40)/b11-6-,25-24-. The van der Waals surface area contributed by atoms with Gasteiger partial charge in [-0.25, -0.2) is 13.8 Å². The molecule has 234 valence electrons. The van der Waals surface area contributed by atoms with Gasteiger partial charge >= 0.3 is 0 Å². The number of ether oxygens (including phenoxy) is 1. The van der Waals surface area contributed by atoms with Crippen molar-refractivity contribution in [2.24, 2.45) is 5.92 Å². The van der Waals surface area contributed by atoms with Crippen LogP contribution in [0.25, 0.3) is 17.0 Å². The molecular weight excluding hydrogens is 562 g/mol. The molecule has 2 aromatic heterocycles. The third-order valence-electron chi connectivity index (χ3n) is 8.28. The average molecular weight is 605 g/mol. The van der Waals surface area contributed by atoms with Crippen LogP contribution in [0.1, 0.15) is 59.2 Å². The largest absolute Gasteiger partial charge is 0.378 e. The number of morpholine rings is 1. The van der Waals surface area contributed by atoms with Crippen molar-refractivity contribution in [2.45, 2.75) is 58.9 Å². The second-order valence-electron chi connectivity index (χ2n) is 11.9. The first-order valence-corrected chi connectivity index (χ1v) is 15.4. The van der Waals surface area contributed by atoms with Crippen molar-refractivity contribution in [3.8, 4) is 18.3 Å². The van der Waals surface area contributed by atoms with E-state index >= 15 is 0 Å². The number of para-hydroxylation sites is 2. The summed E-state index contributed by atoms with van der Waals surface area (Å²) in [7, 11) is 0. The molecule has 9 nitrogen and oxygen atoms in total. The lowest BCUT2D eigenvalue weighted by atomic mass is 9.82. The molecule has 0 spiro atoms. The number of hydrogen-bond donors (Lipinski definition) is 1. The summed E-state index contributed by atoms with van der Waals surface area (Å²) >= 11 is 0. The van der Waals surface area contributed by atoms with Crippen molar-refractivity contribution in [3.63, 3.8) is 0 Å². The molecule has 2 fully saturated rings. The van der Waals surface area contributed by atoms with Crippen molar-refractivity contribution < 1.29 is 13.5 Å². The van der Waals surface area contributed by atoms with Gasteiger partial charge in [0.05, 0.1) is 24.2 Å². The van der Waals surface area contributed by atoms with Crippen LogP contribution < -0.4 is 10.2 Å². The van der Waals surface area contributed by atoms with E-state index in [9.17, 15) is 8.78 Å². The maximum absolute atomic E-state index is 14.3. The number of allylic oxidation sites excluding steroid dienone is 3. The molecular formula is C33H42F2N8O. The van der Waals surface area contributed by atoms with E-state index in [1.165, 1.54) is 4.57 Å². The molecule has 1 N–H and O–H groups in total. The van der Waals surface area contributed by atoms with Crippen molar-refractivity contribution in [1.82, 2.24) is 29.4 Å². The summed E-state index contributed by atoms with van der Waals surface area (Å²) in [6.07, 6.45) is 10.1. The van der Waals surface area contributed by atoms with Crippen LogP contribution in [0, 0.1) is 18.3 Å². The lowest BCUT2D eigenvalue weighted by Crippen LogP contribution is -2.38. The third-order valence-corrected chi connectivity index (χ3v) is 8.28. The van der Waals surface area contributed by atoms with E-state index < -0.39 is 17.8 Å². The molecule has 4 heterocycles. The van der Waals surface area contributed by atoms with Gasteiger partial charge in [0.2, 0.25) is 17.8 Å². The van der Waals surface area contributed by atoms with Gasteiger partial charge in [-0.15, -0.1) is 6.42 Å². The molecule has 44 heavy (non-hydrogen) atoms. The SMILES string of the molecule is C#C/C(=C(\C=C/C)CC(C)(C)Nc1nc(N2CCOCC2)nc(-n2c(C(F)F)nc3ccccc32)n1)C1CCN(CC)CC1. The highest BCUT2D eigenvalue weighted by molar-refractivity contribution is 5.77. The zero-order chi connectivity index (χ0) is 31.3. The van der Waals surface area contributed by atoms with Crippen LogP contribution in [0.2, 0.25) is 0 Å². The number of likely N-dealkylation sites (tertiary alicyclic amines) is 1. The number of imidazole rings is 1. The van der Waals surface area contributed by atoms with Gasteiger partial charge in [-0.1, -0.05) is 37.1 Å². The van der Waals surface area contributed by atoms with E-state index in [0.717, 1.165) is 43.6 Å². The smallest absolute Gasteiger partial charge is 0.296 e. The minimum Gasteiger partial charge on any atom is -0.378 e. The quantitative estimate of drug-likeness (QED) is 0.230. The Balaban J connectivity index is 1.52. The minimum absolute atomic E-state index is 0.0833. The molecule has 0 aliphatic carbocycles. The Kier molecular flexibility index (Phi) is 9.91. The molecule has 0 radical (unpaired) electrons. The van der Waals surface area contributed by atoms with Crippen LogP contribution in [0.3, 0.4) is 0 Å². The number of nitrogens with one attached hydrogen (secondary N) is 1. The Hall–Kier alpha value is -3.88. The Morgan fingerprint density at radius 2 is 1.80 bits per heavy atom. The van der Waals surface area contributed by atoms with E-state index in [4.69, 9.17) is 21.1 Å². The van der Waals surface area contributed by atoms with Gasteiger partial charge in [-0.05, 0) is 83.3 Å². The predicted octanol–water partition coefficient (Wildman–Crippen LogP) is 5.80. The van der Waals surface area contributed by atoms with Crippen LogP contribution in [0.5, 0.6) is 0 Å². The fourth-order valence-electron chi connectivity index (χ4n) is 6.09. The molecule has 0 amide bonds. The van der Waals surface area contributed by atoms with Gasteiger partial charge in [-0.3, -0.25) is 4.57 Å². The molecule has 2 saturated heterocycles. The van der Waals surface area contributed by atoms with Crippen molar-refractivity contribution in [3.05, 3.63) is 53.4 Å². The molecule has 0 bridgehead atoms. The first-order chi connectivity index (χ1) is 21.2. The van der Waals surface area contributed by atoms with Crippen LogP contribution in [-0.4, -0.2) is 80.9 Å². The number of aromatic nitrogens is 5. The van der Waals surface area contributed by atoms with Gasteiger partial charge < -0.3 is 19.9 Å². The molecule has 0 unspecified atom stereocenters. The third kappa shape index (κ3) is 7.08. The summed E-state index contributed by atoms with van der Waals surface area (Å²) in [6.45, 7) is 13.7. The van der Waals surface area contributed by atoms with Crippen LogP contribution in [-0.2, 0) is 4.74 Å². The summed E-state index contributed by atoms with van der Waals surface area (Å²) in [5, 5.41) is 3.50. The molecule has 5 rings (SSSR count). The van der Waals surface area contributed by atoms with E-state index in [1.807, 2.05) is 17.9 Å². The summed E-state index contributed by atoms with van der Waals surface area (Å²) in [5.41, 5.74) is 2.55. The fourth-order valence-corrected chi connectivity index (χ4v) is 6.09. The molecule has 2 aliphatic heterocycles.